The molecule has 2 unspecified atom stereocenters. The van der Waals surface area contributed by atoms with Crippen molar-refractivity contribution in [2.24, 2.45) is 5.92 Å². The number of hydrogen-bond donors (Lipinski definition) is 1. The van der Waals surface area contributed by atoms with E-state index in [2.05, 4.69) is 28.2 Å². The SMILES string of the molecule is CC(CCBr)CCN1C(=O)NC(C)(c2ccco2)C1=O. The lowest BCUT2D eigenvalue weighted by atomic mass is 9.99. The molecule has 0 saturated carbocycles. The number of nitrogens with one attached hydrogen (secondary N) is 1. The average Bonchev–Trinajstić information content (AvgIpc) is 2.98. The van der Waals surface area contributed by atoms with Crippen LogP contribution in [0.5, 0.6) is 0 Å². The van der Waals surface area contributed by atoms with E-state index >= 15 is 0 Å². The van der Waals surface area contributed by atoms with Crippen molar-refractivity contribution in [2.75, 3.05) is 11.9 Å². The van der Waals surface area contributed by atoms with E-state index in [4.69, 9.17) is 4.42 Å². The molecule has 2 rings (SSSR count). The standard InChI is InChI=1S/C14H19BrN2O3/c1-10(5-7-15)6-8-17-12(18)14(2,16-13(17)19)11-4-3-9-20-11/h3-4,9-10H,5-8H2,1-2H3,(H,16,19). The van der Waals surface area contributed by atoms with E-state index in [1.165, 1.54) is 11.2 Å². The Morgan fingerprint density at radius 1 is 1.45 bits per heavy atom. The van der Waals surface area contributed by atoms with Crippen molar-refractivity contribution in [2.45, 2.75) is 32.2 Å². The zero-order chi connectivity index (χ0) is 14.8. The topological polar surface area (TPSA) is 62.6 Å². The second-order valence-corrected chi connectivity index (χ2v) is 6.15. The highest BCUT2D eigenvalue weighted by Crippen LogP contribution is 2.29. The molecule has 0 aliphatic carbocycles. The number of urea groups is 1. The minimum Gasteiger partial charge on any atom is -0.466 e. The Morgan fingerprint density at radius 2 is 2.20 bits per heavy atom. The van der Waals surface area contributed by atoms with Crippen molar-refractivity contribution >= 4 is 27.9 Å². The highest BCUT2D eigenvalue weighted by Gasteiger charge is 2.50. The summed E-state index contributed by atoms with van der Waals surface area (Å²) in [6.07, 6.45) is 3.33. The first kappa shape index (κ1) is 15.1. The highest BCUT2D eigenvalue weighted by atomic mass is 79.9. The summed E-state index contributed by atoms with van der Waals surface area (Å²) in [4.78, 5) is 25.8. The van der Waals surface area contributed by atoms with Gasteiger partial charge in [0, 0.05) is 11.9 Å². The quantitative estimate of drug-likeness (QED) is 0.638. The van der Waals surface area contributed by atoms with Gasteiger partial charge in [0.1, 0.15) is 5.76 Å². The van der Waals surface area contributed by atoms with Crippen LogP contribution in [-0.2, 0) is 10.3 Å². The fourth-order valence-corrected chi connectivity index (χ4v) is 3.09. The normalized spacial score (nSPS) is 24.1. The van der Waals surface area contributed by atoms with Crippen LogP contribution >= 0.6 is 15.9 Å². The number of furan rings is 1. The van der Waals surface area contributed by atoms with E-state index in [0.717, 1.165) is 18.2 Å². The maximum atomic E-state index is 12.5. The Hall–Kier alpha value is -1.30. The van der Waals surface area contributed by atoms with Gasteiger partial charge in [0.15, 0.2) is 5.54 Å². The van der Waals surface area contributed by atoms with Gasteiger partial charge >= 0.3 is 6.03 Å². The van der Waals surface area contributed by atoms with Gasteiger partial charge in [0.2, 0.25) is 0 Å². The lowest BCUT2D eigenvalue weighted by molar-refractivity contribution is -0.131. The fraction of sp³-hybridized carbons (Fsp3) is 0.571. The second kappa shape index (κ2) is 5.99. The van der Waals surface area contributed by atoms with Gasteiger partial charge in [-0.2, -0.15) is 0 Å². The van der Waals surface area contributed by atoms with E-state index in [-0.39, 0.29) is 11.9 Å². The van der Waals surface area contributed by atoms with Crippen LogP contribution in [0.4, 0.5) is 4.79 Å². The lowest BCUT2D eigenvalue weighted by Crippen LogP contribution is -2.40. The van der Waals surface area contributed by atoms with Crippen LogP contribution in [0.15, 0.2) is 22.8 Å². The molecule has 0 spiro atoms. The van der Waals surface area contributed by atoms with E-state index in [0.29, 0.717) is 18.2 Å². The monoisotopic (exact) mass is 342 g/mol. The van der Waals surface area contributed by atoms with Crippen molar-refractivity contribution < 1.29 is 14.0 Å². The minimum atomic E-state index is -1.08. The number of nitrogens with zero attached hydrogens (tertiary/aromatic N) is 1. The molecule has 20 heavy (non-hydrogen) atoms. The molecule has 0 bridgehead atoms. The Kier molecular flexibility index (Phi) is 4.52. The Labute approximate surface area is 126 Å². The number of rotatable bonds is 6. The van der Waals surface area contributed by atoms with Gasteiger partial charge < -0.3 is 9.73 Å². The van der Waals surface area contributed by atoms with Crippen LogP contribution in [0, 0.1) is 5.92 Å². The maximum Gasteiger partial charge on any atom is 0.325 e. The summed E-state index contributed by atoms with van der Waals surface area (Å²) >= 11 is 3.40. The molecule has 1 aliphatic heterocycles. The lowest BCUT2D eigenvalue weighted by Gasteiger charge is -2.19. The van der Waals surface area contributed by atoms with E-state index in [9.17, 15) is 9.59 Å². The molecule has 1 fully saturated rings. The predicted octanol–water partition coefficient (Wildman–Crippen LogP) is 2.86. The molecule has 2 heterocycles. The molecular weight excluding hydrogens is 324 g/mol. The van der Waals surface area contributed by atoms with Crippen molar-refractivity contribution in [3.8, 4) is 0 Å². The molecule has 3 amide bonds. The van der Waals surface area contributed by atoms with Crippen LogP contribution in [-0.4, -0.2) is 28.7 Å². The van der Waals surface area contributed by atoms with Gasteiger partial charge in [-0.05, 0) is 37.8 Å². The van der Waals surface area contributed by atoms with E-state index in [1.807, 2.05) is 0 Å². The summed E-state index contributed by atoms with van der Waals surface area (Å²) in [7, 11) is 0. The van der Waals surface area contributed by atoms with Gasteiger partial charge in [-0.3, -0.25) is 9.69 Å². The zero-order valence-electron chi connectivity index (χ0n) is 11.7. The molecule has 0 radical (unpaired) electrons. The van der Waals surface area contributed by atoms with Gasteiger partial charge in [0.25, 0.3) is 5.91 Å². The summed E-state index contributed by atoms with van der Waals surface area (Å²) in [5.41, 5.74) is -1.08. The molecule has 1 aliphatic rings. The van der Waals surface area contributed by atoms with Crippen molar-refractivity contribution in [3.63, 3.8) is 0 Å². The van der Waals surface area contributed by atoms with Gasteiger partial charge in [-0.1, -0.05) is 22.9 Å². The van der Waals surface area contributed by atoms with Crippen LogP contribution in [0.2, 0.25) is 0 Å². The van der Waals surface area contributed by atoms with Gasteiger partial charge in [0.05, 0.1) is 6.26 Å². The first-order chi connectivity index (χ1) is 9.49. The minimum absolute atomic E-state index is 0.247. The third-order valence-corrected chi connectivity index (χ3v) is 4.19. The zero-order valence-corrected chi connectivity index (χ0v) is 13.3. The average molecular weight is 343 g/mol. The fourth-order valence-electron chi connectivity index (χ4n) is 2.31. The van der Waals surface area contributed by atoms with Crippen molar-refractivity contribution in [1.82, 2.24) is 10.2 Å². The summed E-state index contributed by atoms with van der Waals surface area (Å²) in [6, 6.07) is 3.07. The Morgan fingerprint density at radius 3 is 2.80 bits per heavy atom. The number of alkyl halides is 1. The molecule has 2 atom stereocenters. The molecule has 0 aromatic carbocycles. The third kappa shape index (κ3) is 2.75. The van der Waals surface area contributed by atoms with Crippen molar-refractivity contribution in [1.29, 1.82) is 0 Å². The van der Waals surface area contributed by atoms with Gasteiger partial charge in [-0.15, -0.1) is 0 Å². The first-order valence-electron chi connectivity index (χ1n) is 6.73. The molecule has 1 aromatic heterocycles. The van der Waals surface area contributed by atoms with Crippen LogP contribution in [0.1, 0.15) is 32.4 Å². The summed E-state index contributed by atoms with van der Waals surface area (Å²) < 4.78 is 5.28. The number of halogens is 1. The number of carbonyl (C=O) groups is 2. The first-order valence-corrected chi connectivity index (χ1v) is 7.85. The smallest absolute Gasteiger partial charge is 0.325 e. The van der Waals surface area contributed by atoms with E-state index in [1.54, 1.807) is 19.1 Å². The molecular formula is C14H19BrN2O3. The Bertz CT molecular complexity index is 489. The third-order valence-electron chi connectivity index (χ3n) is 3.74. The highest BCUT2D eigenvalue weighted by molar-refractivity contribution is 9.09. The van der Waals surface area contributed by atoms with Gasteiger partial charge in [-0.25, -0.2) is 4.79 Å². The number of amides is 3. The summed E-state index contributed by atoms with van der Waals surface area (Å²) in [6.45, 7) is 4.23. The number of hydrogen-bond acceptors (Lipinski definition) is 3. The maximum absolute atomic E-state index is 12.5. The van der Waals surface area contributed by atoms with E-state index < -0.39 is 5.54 Å². The molecule has 1 aromatic rings. The molecule has 110 valence electrons. The Balaban J connectivity index is 2.06. The van der Waals surface area contributed by atoms with Crippen molar-refractivity contribution in [3.05, 3.63) is 24.2 Å². The molecule has 6 heteroatoms. The number of imide groups is 1. The predicted molar refractivity (Wildman–Crippen MR) is 78.5 cm³/mol. The van der Waals surface area contributed by atoms with Crippen LogP contribution in [0.25, 0.3) is 0 Å². The molecule has 1 N–H and O–H groups in total. The largest absolute Gasteiger partial charge is 0.466 e. The number of carbonyl (C=O) groups excluding carboxylic acids is 2. The molecule has 1 saturated heterocycles. The second-order valence-electron chi connectivity index (χ2n) is 5.36. The summed E-state index contributed by atoms with van der Waals surface area (Å²) in [5.74, 6) is 0.681. The molecule has 5 nitrogen and oxygen atoms in total. The van der Waals surface area contributed by atoms with Crippen LogP contribution in [0.3, 0.4) is 0 Å². The van der Waals surface area contributed by atoms with Crippen LogP contribution < -0.4 is 5.32 Å². The summed E-state index contributed by atoms with van der Waals surface area (Å²) in [5, 5.41) is 3.65.